The van der Waals surface area contributed by atoms with Gasteiger partial charge in [0.05, 0.1) is 7.11 Å². The Bertz CT molecular complexity index is 224. The third-order valence-corrected chi connectivity index (χ3v) is 3.11. The fraction of sp³-hybridized carbons (Fsp3) is 0.900. The fourth-order valence-electron chi connectivity index (χ4n) is 2.04. The van der Waals surface area contributed by atoms with Crippen molar-refractivity contribution in [3.05, 3.63) is 0 Å². The van der Waals surface area contributed by atoms with Crippen LogP contribution in [0.3, 0.4) is 0 Å². The maximum atomic E-state index is 11.6. The summed E-state index contributed by atoms with van der Waals surface area (Å²) in [6, 6.07) is 0. The molecule has 3 heteroatoms. The van der Waals surface area contributed by atoms with E-state index in [1.54, 1.807) is 0 Å². The Morgan fingerprint density at radius 3 is 2.31 bits per heavy atom. The predicted octanol–water partition coefficient (Wildman–Crippen LogP) is 1.75. The van der Waals surface area contributed by atoms with Gasteiger partial charge in [0.1, 0.15) is 5.60 Å². The lowest BCUT2D eigenvalue weighted by atomic mass is 9.83. The maximum Gasteiger partial charge on any atom is 0.341 e. The van der Waals surface area contributed by atoms with Crippen LogP contribution in [0, 0.1) is 5.92 Å². The van der Waals surface area contributed by atoms with E-state index in [0.717, 1.165) is 6.42 Å². The molecule has 13 heavy (non-hydrogen) atoms. The van der Waals surface area contributed by atoms with E-state index in [1.165, 1.54) is 7.11 Å². The molecule has 0 amide bonds. The van der Waals surface area contributed by atoms with Crippen molar-refractivity contribution in [2.75, 3.05) is 7.11 Å². The lowest BCUT2D eigenvalue weighted by Crippen LogP contribution is -2.38. The zero-order valence-electron chi connectivity index (χ0n) is 9.01. The first-order chi connectivity index (χ1) is 5.94. The molecule has 0 aromatic carbocycles. The van der Waals surface area contributed by atoms with Crippen LogP contribution < -0.4 is 0 Å². The van der Waals surface area contributed by atoms with Gasteiger partial charge >= 0.3 is 5.97 Å². The average molecular weight is 186 g/mol. The first-order valence-corrected chi connectivity index (χ1v) is 4.73. The largest absolute Gasteiger partial charge is 0.467 e. The molecule has 3 nitrogen and oxygen atoms in total. The second-order valence-corrected chi connectivity index (χ2v) is 4.07. The van der Waals surface area contributed by atoms with E-state index in [1.807, 2.05) is 27.7 Å². The molecule has 2 unspecified atom stereocenters. The minimum Gasteiger partial charge on any atom is -0.467 e. The average Bonchev–Trinajstić information content (AvgIpc) is 2.74. The number of epoxide rings is 1. The van der Waals surface area contributed by atoms with Crippen LogP contribution in [0.1, 0.15) is 34.1 Å². The van der Waals surface area contributed by atoms with Crippen LogP contribution in [-0.2, 0) is 14.3 Å². The fourth-order valence-corrected chi connectivity index (χ4v) is 2.04. The van der Waals surface area contributed by atoms with E-state index in [-0.39, 0.29) is 17.5 Å². The molecule has 0 bridgehead atoms. The molecule has 0 N–H and O–H groups in total. The number of rotatable bonds is 3. The van der Waals surface area contributed by atoms with Gasteiger partial charge in [0.2, 0.25) is 0 Å². The van der Waals surface area contributed by atoms with Gasteiger partial charge in [-0.25, -0.2) is 4.79 Å². The minimum absolute atomic E-state index is 0.157. The van der Waals surface area contributed by atoms with Gasteiger partial charge in [-0.05, 0) is 19.3 Å². The SMILES string of the molecule is CCC1(C)OC1(C(=O)OC)C(C)C. The smallest absolute Gasteiger partial charge is 0.341 e. The van der Waals surface area contributed by atoms with Crippen LogP contribution in [0.5, 0.6) is 0 Å². The third kappa shape index (κ3) is 1.17. The molecule has 1 heterocycles. The van der Waals surface area contributed by atoms with Crippen LogP contribution in [0.25, 0.3) is 0 Å². The van der Waals surface area contributed by atoms with Crippen molar-refractivity contribution in [3.63, 3.8) is 0 Å². The molecule has 1 aliphatic heterocycles. The molecular weight excluding hydrogens is 168 g/mol. The highest BCUT2D eigenvalue weighted by molar-refractivity contribution is 5.85. The number of hydrogen-bond acceptors (Lipinski definition) is 3. The summed E-state index contributed by atoms with van der Waals surface area (Å²) < 4.78 is 10.4. The van der Waals surface area contributed by atoms with Crippen molar-refractivity contribution in [2.24, 2.45) is 5.92 Å². The van der Waals surface area contributed by atoms with Gasteiger partial charge in [0, 0.05) is 0 Å². The van der Waals surface area contributed by atoms with Gasteiger partial charge < -0.3 is 9.47 Å². The number of hydrogen-bond donors (Lipinski definition) is 0. The van der Waals surface area contributed by atoms with E-state index in [9.17, 15) is 4.79 Å². The van der Waals surface area contributed by atoms with Gasteiger partial charge in [0.15, 0.2) is 5.60 Å². The van der Waals surface area contributed by atoms with Gasteiger partial charge in [-0.15, -0.1) is 0 Å². The van der Waals surface area contributed by atoms with Gasteiger partial charge in [-0.1, -0.05) is 20.8 Å². The summed E-state index contributed by atoms with van der Waals surface area (Å²) in [6.45, 7) is 7.95. The normalized spacial score (nSPS) is 37.7. The Morgan fingerprint density at radius 1 is 1.54 bits per heavy atom. The molecule has 0 saturated carbocycles. The number of carbonyl (C=O) groups excluding carboxylic acids is 1. The molecule has 76 valence electrons. The lowest BCUT2D eigenvalue weighted by Gasteiger charge is -2.17. The summed E-state index contributed by atoms with van der Waals surface area (Å²) in [4.78, 5) is 11.6. The zero-order valence-corrected chi connectivity index (χ0v) is 9.01. The molecule has 0 aromatic rings. The van der Waals surface area contributed by atoms with E-state index in [2.05, 4.69) is 0 Å². The summed E-state index contributed by atoms with van der Waals surface area (Å²) in [6.07, 6.45) is 0.834. The molecule has 0 aromatic heterocycles. The monoisotopic (exact) mass is 186 g/mol. The van der Waals surface area contributed by atoms with Crippen molar-refractivity contribution in [2.45, 2.75) is 45.3 Å². The predicted molar refractivity (Wildman–Crippen MR) is 49.4 cm³/mol. The molecule has 0 aliphatic carbocycles. The quantitative estimate of drug-likeness (QED) is 0.498. The summed E-state index contributed by atoms with van der Waals surface area (Å²) in [7, 11) is 1.41. The molecular formula is C10H18O3. The molecule has 0 radical (unpaired) electrons. The Labute approximate surface area is 79.4 Å². The first-order valence-electron chi connectivity index (χ1n) is 4.73. The first kappa shape index (κ1) is 10.5. The second kappa shape index (κ2) is 2.98. The molecule has 1 rings (SSSR count). The van der Waals surface area contributed by atoms with Gasteiger partial charge in [-0.2, -0.15) is 0 Å². The summed E-state index contributed by atoms with van der Waals surface area (Å²) in [5.41, 5.74) is -1.02. The van der Waals surface area contributed by atoms with E-state index >= 15 is 0 Å². The van der Waals surface area contributed by atoms with Crippen LogP contribution in [0.2, 0.25) is 0 Å². The van der Waals surface area contributed by atoms with Crippen LogP contribution >= 0.6 is 0 Å². The number of carbonyl (C=O) groups is 1. The summed E-state index contributed by atoms with van der Waals surface area (Å²) >= 11 is 0. The van der Waals surface area contributed by atoms with Crippen LogP contribution in [0.4, 0.5) is 0 Å². The molecule has 1 fully saturated rings. The third-order valence-electron chi connectivity index (χ3n) is 3.11. The lowest BCUT2D eigenvalue weighted by molar-refractivity contribution is -0.148. The standard InChI is InChI=1S/C10H18O3/c1-6-9(4)10(13-9,7(2)3)8(11)12-5/h7H,6H2,1-5H3. The highest BCUT2D eigenvalue weighted by Gasteiger charge is 2.73. The topological polar surface area (TPSA) is 38.8 Å². The number of esters is 1. The van der Waals surface area contributed by atoms with Crippen molar-refractivity contribution >= 4 is 5.97 Å². The highest BCUT2D eigenvalue weighted by atomic mass is 16.7. The Morgan fingerprint density at radius 2 is 2.08 bits per heavy atom. The Balaban J connectivity index is 2.90. The molecule has 1 aliphatic rings. The van der Waals surface area contributed by atoms with Crippen LogP contribution in [0.15, 0.2) is 0 Å². The Kier molecular flexibility index (Phi) is 2.41. The highest BCUT2D eigenvalue weighted by Crippen LogP contribution is 2.55. The van der Waals surface area contributed by atoms with E-state index in [0.29, 0.717) is 0 Å². The van der Waals surface area contributed by atoms with Crippen molar-refractivity contribution in [1.29, 1.82) is 0 Å². The van der Waals surface area contributed by atoms with Gasteiger partial charge in [0.25, 0.3) is 0 Å². The van der Waals surface area contributed by atoms with Crippen molar-refractivity contribution < 1.29 is 14.3 Å². The van der Waals surface area contributed by atoms with E-state index < -0.39 is 5.60 Å². The van der Waals surface area contributed by atoms with Crippen LogP contribution in [-0.4, -0.2) is 24.3 Å². The summed E-state index contributed by atoms with van der Waals surface area (Å²) in [5.74, 6) is -0.0863. The summed E-state index contributed by atoms with van der Waals surface area (Å²) in [5, 5.41) is 0. The maximum absolute atomic E-state index is 11.6. The van der Waals surface area contributed by atoms with Crippen molar-refractivity contribution in [3.8, 4) is 0 Å². The minimum atomic E-state index is -0.698. The Hall–Kier alpha value is -0.570. The molecule has 0 spiro atoms. The number of methoxy groups -OCH3 is 1. The molecule has 1 saturated heterocycles. The van der Waals surface area contributed by atoms with E-state index in [4.69, 9.17) is 9.47 Å². The van der Waals surface area contributed by atoms with Gasteiger partial charge in [-0.3, -0.25) is 0 Å². The second-order valence-electron chi connectivity index (χ2n) is 4.07. The number of ether oxygens (including phenoxy) is 2. The molecule has 2 atom stereocenters. The van der Waals surface area contributed by atoms with Crippen molar-refractivity contribution in [1.82, 2.24) is 0 Å². The zero-order chi connectivity index (χ0) is 10.3.